The zero-order valence-corrected chi connectivity index (χ0v) is 13.8. The maximum atomic E-state index is 12.5. The lowest BCUT2D eigenvalue weighted by atomic mass is 9.73. The van der Waals surface area contributed by atoms with Gasteiger partial charge in [-0.2, -0.15) is 0 Å². The second-order valence-corrected chi connectivity index (χ2v) is 8.41. The molecule has 3 aliphatic rings. The number of fused-ring (bicyclic) bond motifs is 5. The Bertz CT molecular complexity index is 817. The summed E-state index contributed by atoms with van der Waals surface area (Å²) in [6.07, 6.45) is 0.783. The monoisotopic (exact) mass is 351 g/mol. The molecule has 3 saturated heterocycles. The quantitative estimate of drug-likeness (QED) is 0.627. The number of esters is 2. The lowest BCUT2D eigenvalue weighted by Gasteiger charge is -2.29. The molecule has 0 spiro atoms. The van der Waals surface area contributed by atoms with Gasteiger partial charge in [-0.3, -0.25) is 9.59 Å². The van der Waals surface area contributed by atoms with E-state index in [0.29, 0.717) is 12.8 Å². The molecule has 24 heavy (non-hydrogen) atoms. The summed E-state index contributed by atoms with van der Waals surface area (Å²) in [6.45, 7) is 1.82. The molecule has 0 amide bonds. The van der Waals surface area contributed by atoms with E-state index in [1.165, 1.54) is 12.1 Å². The van der Waals surface area contributed by atoms with Crippen molar-refractivity contribution in [3.8, 4) is 0 Å². The summed E-state index contributed by atoms with van der Waals surface area (Å²) in [5, 5.41) is 0. The lowest BCUT2D eigenvalue weighted by molar-refractivity contribution is -0.158. The molecule has 1 aromatic carbocycles. The van der Waals surface area contributed by atoms with Gasteiger partial charge in [0.1, 0.15) is 5.92 Å². The fourth-order valence-electron chi connectivity index (χ4n) is 3.97. The van der Waals surface area contributed by atoms with Gasteiger partial charge in [0.05, 0.1) is 22.5 Å². The summed E-state index contributed by atoms with van der Waals surface area (Å²) < 4.78 is 38.0. The van der Waals surface area contributed by atoms with E-state index in [-0.39, 0.29) is 17.5 Å². The highest BCUT2D eigenvalue weighted by Gasteiger charge is 2.68. The Labute approximate surface area is 139 Å². The zero-order chi connectivity index (χ0) is 17.1. The van der Waals surface area contributed by atoms with Gasteiger partial charge in [-0.15, -0.1) is 0 Å². The summed E-state index contributed by atoms with van der Waals surface area (Å²) in [6, 6.07) is 6.48. The number of carbonyl (C=O) groups is 2. The molecule has 7 nitrogen and oxygen atoms in total. The number of hydrogen-bond donors (Lipinski definition) is 1. The molecule has 3 heterocycles. The molecular weight excluding hydrogens is 334 g/mol. The highest BCUT2D eigenvalue weighted by molar-refractivity contribution is 7.89. The van der Waals surface area contributed by atoms with E-state index in [2.05, 4.69) is 4.72 Å². The van der Waals surface area contributed by atoms with Crippen LogP contribution in [-0.4, -0.2) is 38.6 Å². The number of sulfonamides is 1. The van der Waals surface area contributed by atoms with Crippen LogP contribution in [0.1, 0.15) is 18.4 Å². The summed E-state index contributed by atoms with van der Waals surface area (Å²) in [5.41, 5.74) is -0.0311. The van der Waals surface area contributed by atoms with Crippen molar-refractivity contribution in [3.63, 3.8) is 0 Å². The van der Waals surface area contributed by atoms with E-state index in [4.69, 9.17) is 9.47 Å². The van der Waals surface area contributed by atoms with Crippen LogP contribution in [0.4, 0.5) is 0 Å². The maximum absolute atomic E-state index is 12.5. The fourth-order valence-corrected chi connectivity index (χ4v) is 5.06. The average Bonchev–Trinajstić information content (AvgIpc) is 3.18. The number of carbonyl (C=O) groups excluding carboxylic acids is 2. The van der Waals surface area contributed by atoms with Crippen LogP contribution in [-0.2, 0) is 29.1 Å². The molecule has 1 aromatic rings. The number of nitrogens with one attached hydrogen (secondary N) is 1. The summed E-state index contributed by atoms with van der Waals surface area (Å²) in [7, 11) is -3.72. The van der Waals surface area contributed by atoms with Crippen molar-refractivity contribution in [1.29, 1.82) is 0 Å². The Morgan fingerprint density at radius 3 is 2.62 bits per heavy atom. The minimum Gasteiger partial charge on any atom is -0.393 e. The van der Waals surface area contributed by atoms with E-state index < -0.39 is 39.4 Å². The molecule has 3 aliphatic heterocycles. The van der Waals surface area contributed by atoms with Gasteiger partial charge >= 0.3 is 11.9 Å². The molecule has 0 saturated carbocycles. The fraction of sp³-hybridized carbons (Fsp3) is 0.500. The number of benzene rings is 1. The second kappa shape index (κ2) is 5.11. The highest BCUT2D eigenvalue weighted by atomic mass is 32.2. The third kappa shape index (κ3) is 2.21. The topological polar surface area (TPSA) is 98.8 Å². The first kappa shape index (κ1) is 15.7. The van der Waals surface area contributed by atoms with Crippen molar-refractivity contribution in [2.75, 3.05) is 6.54 Å². The molecule has 1 N–H and O–H groups in total. The van der Waals surface area contributed by atoms with Gasteiger partial charge < -0.3 is 9.47 Å². The maximum Gasteiger partial charge on any atom is 0.320 e. The van der Waals surface area contributed by atoms with Crippen molar-refractivity contribution < 1.29 is 27.5 Å². The Morgan fingerprint density at radius 1 is 1.21 bits per heavy atom. The van der Waals surface area contributed by atoms with Gasteiger partial charge in [-0.05, 0) is 31.9 Å². The van der Waals surface area contributed by atoms with E-state index in [1.807, 2.05) is 6.92 Å². The van der Waals surface area contributed by atoms with Crippen molar-refractivity contribution in [2.24, 2.45) is 11.8 Å². The number of ether oxygens (including phenoxy) is 2. The Hall–Kier alpha value is -1.77. The minimum atomic E-state index is -3.72. The van der Waals surface area contributed by atoms with Gasteiger partial charge in [-0.25, -0.2) is 13.1 Å². The Morgan fingerprint density at radius 2 is 1.92 bits per heavy atom. The van der Waals surface area contributed by atoms with Gasteiger partial charge in [0, 0.05) is 6.54 Å². The third-order valence-electron chi connectivity index (χ3n) is 5.18. The molecule has 128 valence electrons. The van der Waals surface area contributed by atoms with Crippen LogP contribution >= 0.6 is 0 Å². The van der Waals surface area contributed by atoms with Gasteiger partial charge in [0.15, 0.2) is 0 Å². The molecule has 0 aromatic heterocycles. The normalized spacial score (nSPS) is 34.5. The number of rotatable bonds is 4. The average molecular weight is 351 g/mol. The van der Waals surface area contributed by atoms with E-state index in [0.717, 1.165) is 5.56 Å². The summed E-state index contributed by atoms with van der Waals surface area (Å²) in [4.78, 5) is 23.9. The molecular formula is C16H17NO6S. The van der Waals surface area contributed by atoms with E-state index >= 15 is 0 Å². The third-order valence-corrected chi connectivity index (χ3v) is 6.60. The SMILES string of the molecule is Cc1ccc(S(=O)(=O)NC[C@]23CC[C@H](O2)[C@@H]2C(=O)OC(=O)[C@@H]23)cc1. The van der Waals surface area contributed by atoms with E-state index in [1.54, 1.807) is 12.1 Å². The highest BCUT2D eigenvalue weighted by Crippen LogP contribution is 2.54. The van der Waals surface area contributed by atoms with Crippen molar-refractivity contribution in [1.82, 2.24) is 4.72 Å². The van der Waals surface area contributed by atoms with Crippen LogP contribution in [0.5, 0.6) is 0 Å². The van der Waals surface area contributed by atoms with Gasteiger partial charge in [-0.1, -0.05) is 17.7 Å². The Balaban J connectivity index is 1.56. The van der Waals surface area contributed by atoms with Crippen molar-refractivity contribution >= 4 is 22.0 Å². The van der Waals surface area contributed by atoms with Crippen LogP contribution in [0.3, 0.4) is 0 Å². The molecule has 4 atom stereocenters. The van der Waals surface area contributed by atoms with Crippen LogP contribution in [0, 0.1) is 18.8 Å². The van der Waals surface area contributed by atoms with Crippen molar-refractivity contribution in [3.05, 3.63) is 29.8 Å². The molecule has 3 fully saturated rings. The first-order valence-electron chi connectivity index (χ1n) is 7.82. The van der Waals surface area contributed by atoms with Crippen LogP contribution in [0.25, 0.3) is 0 Å². The van der Waals surface area contributed by atoms with E-state index in [9.17, 15) is 18.0 Å². The first-order chi connectivity index (χ1) is 11.3. The predicted octanol–water partition coefficient (Wildman–Crippen LogP) is 0.521. The number of cyclic esters (lactones) is 2. The van der Waals surface area contributed by atoms with Crippen LogP contribution in [0.15, 0.2) is 29.2 Å². The Kier molecular flexibility index (Phi) is 3.35. The van der Waals surface area contributed by atoms with Gasteiger partial charge in [0.2, 0.25) is 10.0 Å². The smallest absolute Gasteiger partial charge is 0.320 e. The summed E-state index contributed by atoms with van der Waals surface area (Å²) in [5.74, 6) is -2.49. The largest absolute Gasteiger partial charge is 0.393 e. The standard InChI is InChI=1S/C16H17NO6S/c1-9-2-4-10(5-3-9)24(20,21)17-8-16-7-6-11(23-16)12-13(16)15(19)22-14(12)18/h2-5,11-13,17H,6-8H2,1H3/t11-,12-,13+,16-/m0/s1. The van der Waals surface area contributed by atoms with Crippen LogP contribution in [0.2, 0.25) is 0 Å². The van der Waals surface area contributed by atoms with Gasteiger partial charge in [0.25, 0.3) is 0 Å². The number of aryl methyl sites for hydroxylation is 1. The first-order valence-corrected chi connectivity index (χ1v) is 9.30. The molecule has 2 bridgehead atoms. The lowest BCUT2D eigenvalue weighted by Crippen LogP contribution is -2.48. The second-order valence-electron chi connectivity index (χ2n) is 6.64. The molecule has 0 aliphatic carbocycles. The number of hydrogen-bond acceptors (Lipinski definition) is 6. The molecule has 8 heteroatoms. The summed E-state index contributed by atoms with van der Waals surface area (Å²) >= 11 is 0. The van der Waals surface area contributed by atoms with Crippen molar-refractivity contribution in [2.45, 2.75) is 36.4 Å². The molecule has 0 radical (unpaired) electrons. The predicted molar refractivity (Wildman–Crippen MR) is 81.3 cm³/mol. The van der Waals surface area contributed by atoms with Crippen LogP contribution < -0.4 is 4.72 Å². The zero-order valence-electron chi connectivity index (χ0n) is 13.0. The molecule has 4 rings (SSSR count). The molecule has 0 unspecified atom stereocenters. The minimum absolute atomic E-state index is 0.0523.